The molecule has 0 radical (unpaired) electrons. The van der Waals surface area contributed by atoms with Crippen molar-refractivity contribution in [1.29, 1.82) is 0 Å². The lowest BCUT2D eigenvalue weighted by atomic mass is 10.1. The Morgan fingerprint density at radius 2 is 1.95 bits per heavy atom. The number of benzene rings is 1. The molecule has 37 heavy (non-hydrogen) atoms. The second kappa shape index (κ2) is 9.59. The number of hydrogen-bond donors (Lipinski definition) is 3. The first kappa shape index (κ1) is 23.1. The number of imidazole rings is 1. The van der Waals surface area contributed by atoms with Gasteiger partial charge in [-0.2, -0.15) is 5.10 Å². The number of carbonyl (C=O) groups is 1. The third kappa shape index (κ3) is 4.49. The van der Waals surface area contributed by atoms with E-state index in [0.29, 0.717) is 29.1 Å². The molecule has 1 aromatic carbocycles. The smallest absolute Gasteiger partial charge is 0.224 e. The van der Waals surface area contributed by atoms with Crippen LogP contribution in [0.5, 0.6) is 0 Å². The van der Waals surface area contributed by atoms with Crippen molar-refractivity contribution in [3.8, 4) is 33.2 Å². The van der Waals surface area contributed by atoms with Gasteiger partial charge in [-0.1, -0.05) is 25.5 Å². The first-order valence-electron chi connectivity index (χ1n) is 12.3. The summed E-state index contributed by atoms with van der Waals surface area (Å²) in [6, 6.07) is 16.2. The fraction of sp³-hybridized carbons (Fsp3) is 0.179. The number of fused-ring (bicyclic) bond motifs is 2. The summed E-state index contributed by atoms with van der Waals surface area (Å²) in [6.07, 6.45) is 5.72. The minimum atomic E-state index is -0.0108. The molecule has 0 aliphatic rings. The van der Waals surface area contributed by atoms with Gasteiger partial charge in [0, 0.05) is 33.5 Å². The van der Waals surface area contributed by atoms with Gasteiger partial charge >= 0.3 is 0 Å². The van der Waals surface area contributed by atoms with Crippen molar-refractivity contribution in [3.05, 3.63) is 65.8 Å². The van der Waals surface area contributed by atoms with Crippen molar-refractivity contribution in [1.82, 2.24) is 30.1 Å². The van der Waals surface area contributed by atoms with Crippen molar-refractivity contribution in [2.45, 2.75) is 33.1 Å². The molecule has 5 heterocycles. The predicted molar refractivity (Wildman–Crippen MR) is 148 cm³/mol. The lowest BCUT2D eigenvalue weighted by molar-refractivity contribution is -0.116. The van der Waals surface area contributed by atoms with Crippen LogP contribution in [-0.2, 0) is 4.79 Å². The van der Waals surface area contributed by atoms with Gasteiger partial charge in [-0.3, -0.25) is 14.9 Å². The highest BCUT2D eigenvalue weighted by Gasteiger charge is 2.17. The SMILES string of the molecule is CCCCC(=O)Nc1cncc(-c2ccc3[nH]nc(-c4nc5c(-c6ccc(C)s6)cccc5[nH]4)c3n2)c1. The third-order valence-electron chi connectivity index (χ3n) is 6.23. The average Bonchev–Trinajstić information content (AvgIpc) is 3.64. The van der Waals surface area contributed by atoms with Crippen molar-refractivity contribution >= 4 is 45.0 Å². The van der Waals surface area contributed by atoms with Crippen LogP contribution in [0.2, 0.25) is 0 Å². The summed E-state index contributed by atoms with van der Waals surface area (Å²) in [5, 5.41) is 10.5. The van der Waals surface area contributed by atoms with Gasteiger partial charge in [0.2, 0.25) is 5.91 Å². The highest BCUT2D eigenvalue weighted by Crippen LogP contribution is 2.34. The average molecular weight is 508 g/mol. The molecule has 0 spiro atoms. The summed E-state index contributed by atoms with van der Waals surface area (Å²) in [6.45, 7) is 4.17. The third-order valence-corrected chi connectivity index (χ3v) is 7.26. The van der Waals surface area contributed by atoms with E-state index in [1.54, 1.807) is 23.7 Å². The van der Waals surface area contributed by atoms with Gasteiger partial charge in [0.05, 0.1) is 34.1 Å². The number of unbranched alkanes of at least 4 members (excludes halogenated alkanes) is 1. The number of thiophene rings is 1. The Labute approximate surface area is 217 Å². The highest BCUT2D eigenvalue weighted by atomic mass is 32.1. The second-order valence-electron chi connectivity index (χ2n) is 8.98. The lowest BCUT2D eigenvalue weighted by Gasteiger charge is -2.07. The molecule has 9 heteroatoms. The predicted octanol–water partition coefficient (Wildman–Crippen LogP) is 6.73. The summed E-state index contributed by atoms with van der Waals surface area (Å²) in [5.41, 5.74) is 7.31. The molecular weight excluding hydrogens is 482 g/mol. The maximum Gasteiger partial charge on any atom is 0.224 e. The molecule has 0 saturated heterocycles. The van der Waals surface area contributed by atoms with Gasteiger partial charge in [-0.25, -0.2) is 9.97 Å². The summed E-state index contributed by atoms with van der Waals surface area (Å²) in [5.74, 6) is 0.644. The number of para-hydroxylation sites is 1. The zero-order valence-corrected chi connectivity index (χ0v) is 21.3. The maximum absolute atomic E-state index is 12.2. The van der Waals surface area contributed by atoms with E-state index in [9.17, 15) is 4.79 Å². The van der Waals surface area contributed by atoms with Gasteiger partial charge in [-0.15, -0.1) is 11.3 Å². The van der Waals surface area contributed by atoms with E-state index >= 15 is 0 Å². The van der Waals surface area contributed by atoms with E-state index in [2.05, 4.69) is 57.5 Å². The molecule has 0 aliphatic heterocycles. The molecule has 0 atom stereocenters. The Balaban J connectivity index is 1.37. The van der Waals surface area contributed by atoms with E-state index in [-0.39, 0.29) is 5.91 Å². The van der Waals surface area contributed by atoms with Crippen molar-refractivity contribution in [2.75, 3.05) is 5.32 Å². The Hall–Kier alpha value is -4.37. The zero-order chi connectivity index (χ0) is 25.4. The van der Waals surface area contributed by atoms with Crippen LogP contribution in [-0.4, -0.2) is 36.0 Å². The van der Waals surface area contributed by atoms with Crippen LogP contribution in [0.3, 0.4) is 0 Å². The Morgan fingerprint density at radius 3 is 2.78 bits per heavy atom. The first-order valence-corrected chi connectivity index (χ1v) is 13.1. The molecule has 0 aliphatic carbocycles. The fourth-order valence-corrected chi connectivity index (χ4v) is 5.25. The van der Waals surface area contributed by atoms with E-state index in [1.165, 1.54) is 9.75 Å². The van der Waals surface area contributed by atoms with Crippen molar-refractivity contribution in [3.63, 3.8) is 0 Å². The fourth-order valence-electron chi connectivity index (χ4n) is 4.36. The Bertz CT molecular complexity index is 1750. The number of anilines is 1. The summed E-state index contributed by atoms with van der Waals surface area (Å²) in [7, 11) is 0. The molecule has 6 rings (SSSR count). The molecule has 8 nitrogen and oxygen atoms in total. The standard InChI is InChI=1S/C28H25N7OS/c1-3-4-8-24(36)30-18-13-17(14-29-15-18)20-10-11-22-26(31-20)27(35-34-22)28-32-21-7-5-6-19(25(21)33-28)23-12-9-16(2)37-23/h5-7,9-15H,3-4,8H2,1-2H3,(H,30,36)(H,32,33)(H,34,35). The number of rotatable bonds is 7. The van der Waals surface area contributed by atoms with Crippen LogP contribution in [0.1, 0.15) is 31.1 Å². The molecule has 184 valence electrons. The largest absolute Gasteiger partial charge is 0.336 e. The molecule has 0 bridgehead atoms. The highest BCUT2D eigenvalue weighted by molar-refractivity contribution is 7.15. The zero-order valence-electron chi connectivity index (χ0n) is 20.5. The minimum Gasteiger partial charge on any atom is -0.336 e. The van der Waals surface area contributed by atoms with E-state index in [0.717, 1.165) is 46.2 Å². The van der Waals surface area contributed by atoms with Gasteiger partial charge in [0.15, 0.2) is 11.5 Å². The van der Waals surface area contributed by atoms with Crippen molar-refractivity contribution in [2.24, 2.45) is 0 Å². The molecular formula is C28H25N7OS. The Kier molecular flexibility index (Phi) is 5.97. The van der Waals surface area contributed by atoms with Crippen LogP contribution in [0.25, 0.3) is 55.3 Å². The number of nitrogens with one attached hydrogen (secondary N) is 3. The lowest BCUT2D eigenvalue weighted by Crippen LogP contribution is -2.11. The summed E-state index contributed by atoms with van der Waals surface area (Å²) in [4.78, 5) is 32.2. The molecule has 3 N–H and O–H groups in total. The topological polar surface area (TPSA) is 112 Å². The number of aromatic nitrogens is 6. The number of aromatic amines is 2. The summed E-state index contributed by atoms with van der Waals surface area (Å²) < 4.78 is 0. The van der Waals surface area contributed by atoms with Gasteiger partial charge in [0.1, 0.15) is 5.52 Å². The number of nitrogens with zero attached hydrogens (tertiary/aromatic N) is 4. The normalized spacial score (nSPS) is 11.4. The van der Waals surface area contributed by atoms with E-state index in [1.807, 2.05) is 30.3 Å². The van der Waals surface area contributed by atoms with Crippen LogP contribution >= 0.6 is 11.3 Å². The number of aryl methyl sites for hydroxylation is 1. The number of carbonyl (C=O) groups excluding carboxylic acids is 1. The van der Waals surface area contributed by atoms with Crippen molar-refractivity contribution < 1.29 is 4.79 Å². The molecule has 5 aromatic heterocycles. The van der Waals surface area contributed by atoms with Gasteiger partial charge in [-0.05, 0) is 49.7 Å². The number of H-pyrrole nitrogens is 2. The van der Waals surface area contributed by atoms with Crippen LogP contribution < -0.4 is 5.32 Å². The number of hydrogen-bond acceptors (Lipinski definition) is 6. The van der Waals surface area contributed by atoms with Crippen LogP contribution in [0.15, 0.2) is 60.9 Å². The molecule has 0 fully saturated rings. The molecule has 0 unspecified atom stereocenters. The number of pyridine rings is 2. The quantitative estimate of drug-likeness (QED) is 0.222. The van der Waals surface area contributed by atoms with Gasteiger partial charge in [0.25, 0.3) is 0 Å². The van der Waals surface area contributed by atoms with Crippen LogP contribution in [0, 0.1) is 6.92 Å². The summed E-state index contributed by atoms with van der Waals surface area (Å²) >= 11 is 1.75. The van der Waals surface area contributed by atoms with E-state index in [4.69, 9.17) is 9.97 Å². The molecule has 1 amide bonds. The monoisotopic (exact) mass is 507 g/mol. The minimum absolute atomic E-state index is 0.0108. The van der Waals surface area contributed by atoms with E-state index < -0.39 is 0 Å². The maximum atomic E-state index is 12.2. The Morgan fingerprint density at radius 1 is 1.03 bits per heavy atom. The first-order chi connectivity index (χ1) is 18.1. The van der Waals surface area contributed by atoms with Crippen LogP contribution in [0.4, 0.5) is 5.69 Å². The van der Waals surface area contributed by atoms with Gasteiger partial charge < -0.3 is 10.3 Å². The number of amides is 1. The molecule has 6 aromatic rings. The molecule has 0 saturated carbocycles. The second-order valence-corrected chi connectivity index (χ2v) is 10.3.